The lowest BCUT2D eigenvalue weighted by molar-refractivity contribution is -0.120. The van der Waals surface area contributed by atoms with Crippen molar-refractivity contribution < 1.29 is 17.6 Å². The summed E-state index contributed by atoms with van der Waals surface area (Å²) in [7, 11) is -3.76. The molecule has 0 unspecified atom stereocenters. The molecule has 2 heterocycles. The summed E-state index contributed by atoms with van der Waals surface area (Å²) in [6, 6.07) is 5.73. The number of amides is 1. The van der Waals surface area contributed by atoms with E-state index in [-0.39, 0.29) is 23.5 Å². The predicted molar refractivity (Wildman–Crippen MR) is 99.1 cm³/mol. The molecule has 0 spiro atoms. The Kier molecular flexibility index (Phi) is 5.61. The fourth-order valence-corrected chi connectivity index (χ4v) is 4.50. The molecule has 0 radical (unpaired) electrons. The second-order valence-corrected chi connectivity index (χ2v) is 8.84. The number of carbonyl (C=O) groups excluding carboxylic acids is 1. The Morgan fingerprint density at radius 3 is 2.81 bits per heavy atom. The Balaban J connectivity index is 1.71. The van der Waals surface area contributed by atoms with Gasteiger partial charge in [0.25, 0.3) is 10.0 Å². The third kappa shape index (κ3) is 4.36. The zero-order valence-corrected chi connectivity index (χ0v) is 16.1. The van der Waals surface area contributed by atoms with Crippen molar-refractivity contribution in [3.63, 3.8) is 0 Å². The van der Waals surface area contributed by atoms with E-state index in [0.717, 1.165) is 0 Å². The van der Waals surface area contributed by atoms with E-state index in [0.29, 0.717) is 25.1 Å². The van der Waals surface area contributed by atoms with Crippen LogP contribution >= 0.6 is 0 Å². The first-order valence-electron chi connectivity index (χ1n) is 8.87. The molecule has 1 aromatic heterocycles. The SMILES string of the molecule is CC(C)n1cnc(S(=O)(=O)N2CCC[C@@H](C(=O)Nc3cccc(F)c3)C2)c1. The van der Waals surface area contributed by atoms with Gasteiger partial charge in [0.15, 0.2) is 5.03 Å². The zero-order chi connectivity index (χ0) is 19.6. The van der Waals surface area contributed by atoms with Crippen LogP contribution in [0.4, 0.5) is 10.1 Å². The van der Waals surface area contributed by atoms with Crippen molar-refractivity contribution in [2.45, 2.75) is 37.8 Å². The van der Waals surface area contributed by atoms with Crippen LogP contribution in [0, 0.1) is 11.7 Å². The average molecular weight is 394 g/mol. The molecular weight excluding hydrogens is 371 g/mol. The summed E-state index contributed by atoms with van der Waals surface area (Å²) in [5.74, 6) is -1.25. The van der Waals surface area contributed by atoms with E-state index >= 15 is 0 Å². The summed E-state index contributed by atoms with van der Waals surface area (Å²) < 4.78 is 42.0. The number of sulfonamides is 1. The van der Waals surface area contributed by atoms with Crippen LogP contribution in [-0.4, -0.2) is 41.3 Å². The Morgan fingerprint density at radius 2 is 2.15 bits per heavy atom. The number of benzene rings is 1. The van der Waals surface area contributed by atoms with Gasteiger partial charge in [-0.25, -0.2) is 17.8 Å². The van der Waals surface area contributed by atoms with Crippen LogP contribution in [0.2, 0.25) is 0 Å². The molecule has 1 saturated heterocycles. The minimum Gasteiger partial charge on any atom is -0.334 e. The van der Waals surface area contributed by atoms with Gasteiger partial charge in [-0.15, -0.1) is 0 Å². The summed E-state index contributed by atoms with van der Waals surface area (Å²) in [5.41, 5.74) is 0.357. The van der Waals surface area contributed by atoms with Gasteiger partial charge in [0, 0.05) is 31.0 Å². The van der Waals surface area contributed by atoms with E-state index in [4.69, 9.17) is 0 Å². The molecule has 0 aliphatic carbocycles. The van der Waals surface area contributed by atoms with Crippen molar-refractivity contribution in [3.05, 3.63) is 42.6 Å². The quantitative estimate of drug-likeness (QED) is 0.845. The second-order valence-electron chi connectivity index (χ2n) is 6.95. The number of halogens is 1. The summed E-state index contributed by atoms with van der Waals surface area (Å²) in [4.78, 5) is 16.5. The van der Waals surface area contributed by atoms with Crippen LogP contribution in [0.3, 0.4) is 0 Å². The first-order valence-corrected chi connectivity index (χ1v) is 10.3. The van der Waals surface area contributed by atoms with Crippen molar-refractivity contribution >= 4 is 21.6 Å². The van der Waals surface area contributed by atoms with Crippen molar-refractivity contribution in [3.8, 4) is 0 Å². The van der Waals surface area contributed by atoms with E-state index in [9.17, 15) is 17.6 Å². The van der Waals surface area contributed by atoms with E-state index in [2.05, 4.69) is 10.3 Å². The molecule has 0 saturated carbocycles. The highest BCUT2D eigenvalue weighted by Gasteiger charge is 2.34. The van der Waals surface area contributed by atoms with Crippen LogP contribution in [0.15, 0.2) is 41.8 Å². The molecule has 9 heteroatoms. The number of anilines is 1. The molecule has 1 N–H and O–H groups in total. The van der Waals surface area contributed by atoms with E-state index in [1.54, 1.807) is 10.6 Å². The van der Waals surface area contributed by atoms with Gasteiger partial charge in [-0.1, -0.05) is 6.07 Å². The van der Waals surface area contributed by atoms with Crippen LogP contribution < -0.4 is 5.32 Å². The third-order valence-electron chi connectivity index (χ3n) is 4.63. The highest BCUT2D eigenvalue weighted by atomic mass is 32.2. The topological polar surface area (TPSA) is 84.3 Å². The molecule has 1 fully saturated rings. The van der Waals surface area contributed by atoms with Crippen LogP contribution in [0.25, 0.3) is 0 Å². The van der Waals surface area contributed by atoms with Gasteiger partial charge in [0.1, 0.15) is 5.82 Å². The first-order chi connectivity index (χ1) is 12.8. The molecule has 2 aromatic rings. The Morgan fingerprint density at radius 1 is 1.37 bits per heavy atom. The second kappa shape index (κ2) is 7.77. The normalized spacial score (nSPS) is 18.6. The minimum atomic E-state index is -3.76. The molecule has 1 atom stereocenters. The van der Waals surface area contributed by atoms with Crippen molar-refractivity contribution in [1.29, 1.82) is 0 Å². The maximum absolute atomic E-state index is 13.3. The van der Waals surface area contributed by atoms with Crippen LogP contribution in [-0.2, 0) is 14.8 Å². The third-order valence-corrected chi connectivity index (χ3v) is 6.38. The lowest BCUT2D eigenvalue weighted by atomic mass is 9.99. The largest absolute Gasteiger partial charge is 0.334 e. The number of nitrogens with zero attached hydrogens (tertiary/aromatic N) is 3. The number of rotatable bonds is 5. The lowest BCUT2D eigenvalue weighted by Crippen LogP contribution is -2.43. The fraction of sp³-hybridized carbons (Fsp3) is 0.444. The van der Waals surface area contributed by atoms with Gasteiger partial charge in [-0.05, 0) is 44.9 Å². The summed E-state index contributed by atoms with van der Waals surface area (Å²) in [6.07, 6.45) is 4.16. The standard InChI is InChI=1S/C18H23FN4O3S/c1-13(2)22-11-17(20-12-22)27(25,26)23-8-4-5-14(10-23)18(24)21-16-7-3-6-15(19)9-16/h3,6-7,9,11-14H,4-5,8,10H2,1-2H3,(H,21,24)/t14-/m1/s1. The molecule has 1 aromatic carbocycles. The van der Waals surface area contributed by atoms with Gasteiger partial charge in [0.05, 0.1) is 12.2 Å². The number of imidazole rings is 1. The van der Waals surface area contributed by atoms with E-state index in [1.807, 2.05) is 13.8 Å². The summed E-state index contributed by atoms with van der Waals surface area (Å²) in [6.45, 7) is 4.30. The number of hydrogen-bond donors (Lipinski definition) is 1. The number of hydrogen-bond acceptors (Lipinski definition) is 4. The maximum atomic E-state index is 13.3. The Labute approximate surface area is 158 Å². The Hall–Kier alpha value is -2.26. The number of aromatic nitrogens is 2. The molecule has 7 nitrogen and oxygen atoms in total. The maximum Gasteiger partial charge on any atom is 0.262 e. The van der Waals surface area contributed by atoms with Gasteiger partial charge < -0.3 is 9.88 Å². The van der Waals surface area contributed by atoms with Crippen molar-refractivity contribution in [1.82, 2.24) is 13.9 Å². The predicted octanol–water partition coefficient (Wildman–Crippen LogP) is 2.64. The monoisotopic (exact) mass is 394 g/mol. The number of piperidine rings is 1. The number of carbonyl (C=O) groups is 1. The highest BCUT2D eigenvalue weighted by Crippen LogP contribution is 2.24. The van der Waals surface area contributed by atoms with Gasteiger partial charge >= 0.3 is 0 Å². The van der Waals surface area contributed by atoms with Gasteiger partial charge in [0.2, 0.25) is 5.91 Å². The average Bonchev–Trinajstić information content (AvgIpc) is 3.13. The van der Waals surface area contributed by atoms with E-state index in [1.165, 1.54) is 35.0 Å². The fourth-order valence-electron chi connectivity index (χ4n) is 3.05. The lowest BCUT2D eigenvalue weighted by Gasteiger charge is -2.30. The Bertz CT molecular complexity index is 926. The molecule has 1 aliphatic heterocycles. The molecule has 3 rings (SSSR count). The zero-order valence-electron chi connectivity index (χ0n) is 15.3. The van der Waals surface area contributed by atoms with Crippen LogP contribution in [0.5, 0.6) is 0 Å². The van der Waals surface area contributed by atoms with Crippen LogP contribution in [0.1, 0.15) is 32.7 Å². The summed E-state index contributed by atoms with van der Waals surface area (Å²) in [5, 5.41) is 2.65. The van der Waals surface area contributed by atoms with Crippen molar-refractivity contribution in [2.75, 3.05) is 18.4 Å². The van der Waals surface area contributed by atoms with E-state index < -0.39 is 21.8 Å². The first kappa shape index (κ1) is 19.5. The minimum absolute atomic E-state index is 0.0117. The van der Waals surface area contributed by atoms with Gasteiger partial charge in [-0.3, -0.25) is 4.79 Å². The molecule has 27 heavy (non-hydrogen) atoms. The molecule has 1 amide bonds. The van der Waals surface area contributed by atoms with Gasteiger partial charge in [-0.2, -0.15) is 4.31 Å². The molecular formula is C18H23FN4O3S. The smallest absolute Gasteiger partial charge is 0.262 e. The summed E-state index contributed by atoms with van der Waals surface area (Å²) >= 11 is 0. The molecule has 1 aliphatic rings. The highest BCUT2D eigenvalue weighted by molar-refractivity contribution is 7.89. The molecule has 146 valence electrons. The number of nitrogens with one attached hydrogen (secondary N) is 1. The van der Waals surface area contributed by atoms with Crippen molar-refractivity contribution in [2.24, 2.45) is 5.92 Å². The molecule has 0 bridgehead atoms.